The molecule has 0 radical (unpaired) electrons. The fourth-order valence-corrected chi connectivity index (χ4v) is 3.42. The third-order valence-corrected chi connectivity index (χ3v) is 4.98. The lowest BCUT2D eigenvalue weighted by molar-refractivity contribution is 0.0665. The summed E-state index contributed by atoms with van der Waals surface area (Å²) in [7, 11) is 2.04. The minimum atomic E-state index is -0.333. The second-order valence-electron chi connectivity index (χ2n) is 6.76. The standard InChI is InChI=1S/C20H20N4O3/c1-23-6-8-24(9-7-23)20(27)15-5-3-2-4-14(15)13-10-16-18(17(25)11-13)21-12-22-19(16)26/h2-5,10-12,25H,6-9H2,1H3,(H,21,22,26). The van der Waals surface area contributed by atoms with E-state index in [1.807, 2.05) is 30.1 Å². The van der Waals surface area contributed by atoms with Crippen LogP contribution in [-0.2, 0) is 0 Å². The molecule has 1 fully saturated rings. The number of fused-ring (bicyclic) bond motifs is 1. The molecule has 27 heavy (non-hydrogen) atoms. The second-order valence-corrected chi connectivity index (χ2v) is 6.76. The van der Waals surface area contributed by atoms with Gasteiger partial charge in [-0.2, -0.15) is 0 Å². The topological polar surface area (TPSA) is 89.5 Å². The molecule has 2 N–H and O–H groups in total. The third-order valence-electron chi connectivity index (χ3n) is 4.98. The van der Waals surface area contributed by atoms with Crippen LogP contribution in [0, 0.1) is 0 Å². The number of aromatic hydroxyl groups is 1. The number of likely N-dealkylation sites (N-methyl/N-ethyl adjacent to an activating group) is 1. The summed E-state index contributed by atoms with van der Waals surface area (Å²) in [6.45, 7) is 3.03. The molecule has 0 spiro atoms. The van der Waals surface area contributed by atoms with Crippen molar-refractivity contribution in [2.75, 3.05) is 33.2 Å². The molecule has 138 valence electrons. The number of nitrogens with zero attached hydrogens (tertiary/aromatic N) is 3. The van der Waals surface area contributed by atoms with Gasteiger partial charge in [0, 0.05) is 31.7 Å². The second kappa shape index (κ2) is 6.85. The maximum Gasteiger partial charge on any atom is 0.258 e. The van der Waals surface area contributed by atoms with E-state index in [-0.39, 0.29) is 28.1 Å². The average Bonchev–Trinajstić information content (AvgIpc) is 2.69. The Morgan fingerprint density at radius 3 is 2.67 bits per heavy atom. The lowest BCUT2D eigenvalue weighted by Crippen LogP contribution is -2.47. The number of hydrogen-bond donors (Lipinski definition) is 2. The summed E-state index contributed by atoms with van der Waals surface area (Å²) >= 11 is 0. The van der Waals surface area contributed by atoms with E-state index in [0.717, 1.165) is 13.1 Å². The van der Waals surface area contributed by atoms with E-state index in [1.165, 1.54) is 6.33 Å². The van der Waals surface area contributed by atoms with Crippen molar-refractivity contribution < 1.29 is 9.90 Å². The average molecular weight is 364 g/mol. The van der Waals surface area contributed by atoms with Crippen LogP contribution in [0.5, 0.6) is 5.75 Å². The zero-order chi connectivity index (χ0) is 19.0. The van der Waals surface area contributed by atoms with Gasteiger partial charge in [-0.05, 0) is 36.4 Å². The number of amides is 1. The van der Waals surface area contributed by atoms with E-state index >= 15 is 0 Å². The van der Waals surface area contributed by atoms with E-state index in [1.54, 1.807) is 18.2 Å². The van der Waals surface area contributed by atoms with E-state index in [9.17, 15) is 14.7 Å². The highest BCUT2D eigenvalue weighted by atomic mass is 16.3. The quantitative estimate of drug-likeness (QED) is 0.722. The van der Waals surface area contributed by atoms with Gasteiger partial charge in [-0.3, -0.25) is 9.59 Å². The molecule has 0 bridgehead atoms. The van der Waals surface area contributed by atoms with Crippen molar-refractivity contribution in [1.29, 1.82) is 0 Å². The van der Waals surface area contributed by atoms with Crippen LogP contribution >= 0.6 is 0 Å². The molecule has 0 aliphatic carbocycles. The predicted octanol–water partition coefficient (Wildman–Crippen LogP) is 1.68. The summed E-state index contributed by atoms with van der Waals surface area (Å²) in [6.07, 6.45) is 1.26. The van der Waals surface area contributed by atoms with Crippen LogP contribution in [0.25, 0.3) is 22.0 Å². The van der Waals surface area contributed by atoms with E-state index in [0.29, 0.717) is 29.8 Å². The minimum Gasteiger partial charge on any atom is -0.506 e. The Kier molecular flexibility index (Phi) is 4.37. The Morgan fingerprint density at radius 2 is 1.89 bits per heavy atom. The van der Waals surface area contributed by atoms with Gasteiger partial charge in [-0.25, -0.2) is 4.98 Å². The van der Waals surface area contributed by atoms with Crippen molar-refractivity contribution in [3.05, 3.63) is 58.6 Å². The first-order valence-electron chi connectivity index (χ1n) is 8.82. The maximum atomic E-state index is 13.1. The number of benzene rings is 2. The van der Waals surface area contributed by atoms with Gasteiger partial charge in [0.15, 0.2) is 0 Å². The number of piperazine rings is 1. The first-order valence-corrected chi connectivity index (χ1v) is 8.82. The van der Waals surface area contributed by atoms with Gasteiger partial charge in [0.05, 0.1) is 11.7 Å². The lowest BCUT2D eigenvalue weighted by atomic mass is 9.97. The van der Waals surface area contributed by atoms with Crippen LogP contribution in [0.3, 0.4) is 0 Å². The lowest BCUT2D eigenvalue weighted by Gasteiger charge is -2.32. The molecule has 0 unspecified atom stereocenters. The molecule has 2 heterocycles. The Labute approximate surface area is 155 Å². The number of phenols is 1. The Bertz CT molecular complexity index is 1070. The number of hydrogen-bond acceptors (Lipinski definition) is 5. The molecule has 7 nitrogen and oxygen atoms in total. The molecule has 2 aromatic carbocycles. The van der Waals surface area contributed by atoms with Crippen molar-refractivity contribution in [1.82, 2.24) is 19.8 Å². The normalized spacial score (nSPS) is 15.2. The molecule has 1 amide bonds. The van der Waals surface area contributed by atoms with E-state index < -0.39 is 0 Å². The van der Waals surface area contributed by atoms with Crippen LogP contribution in [0.1, 0.15) is 10.4 Å². The van der Waals surface area contributed by atoms with Gasteiger partial charge in [0.2, 0.25) is 0 Å². The van der Waals surface area contributed by atoms with Crippen LogP contribution in [-0.4, -0.2) is 64.0 Å². The number of carbonyl (C=O) groups is 1. The first-order chi connectivity index (χ1) is 13.0. The van der Waals surface area contributed by atoms with Crippen LogP contribution < -0.4 is 5.56 Å². The number of H-pyrrole nitrogens is 1. The largest absolute Gasteiger partial charge is 0.506 e. The molecule has 4 rings (SSSR count). The minimum absolute atomic E-state index is 0.0432. The maximum absolute atomic E-state index is 13.1. The zero-order valence-electron chi connectivity index (χ0n) is 15.0. The highest BCUT2D eigenvalue weighted by molar-refractivity contribution is 6.02. The van der Waals surface area contributed by atoms with E-state index in [2.05, 4.69) is 14.9 Å². The summed E-state index contributed by atoms with van der Waals surface area (Å²) in [5, 5.41) is 10.6. The van der Waals surface area contributed by atoms with Crippen LogP contribution in [0.4, 0.5) is 0 Å². The molecule has 0 saturated carbocycles. The fraction of sp³-hybridized carbons (Fsp3) is 0.250. The number of aromatic nitrogens is 2. The summed E-state index contributed by atoms with van der Waals surface area (Å²) in [6, 6.07) is 10.5. The van der Waals surface area contributed by atoms with Crippen molar-refractivity contribution in [2.45, 2.75) is 0 Å². The van der Waals surface area contributed by atoms with Crippen molar-refractivity contribution in [3.63, 3.8) is 0 Å². The first kappa shape index (κ1) is 17.2. The Morgan fingerprint density at radius 1 is 1.15 bits per heavy atom. The van der Waals surface area contributed by atoms with Crippen molar-refractivity contribution in [2.24, 2.45) is 0 Å². The zero-order valence-corrected chi connectivity index (χ0v) is 15.0. The Hall–Kier alpha value is -3.19. The van der Waals surface area contributed by atoms with Gasteiger partial charge in [-0.1, -0.05) is 18.2 Å². The number of rotatable bonds is 2. The number of phenolic OH excluding ortho intramolecular Hbond substituents is 1. The van der Waals surface area contributed by atoms with E-state index in [4.69, 9.17) is 0 Å². The van der Waals surface area contributed by atoms with Gasteiger partial charge in [-0.15, -0.1) is 0 Å². The molecule has 1 saturated heterocycles. The monoisotopic (exact) mass is 364 g/mol. The SMILES string of the molecule is CN1CCN(C(=O)c2ccccc2-c2cc(O)c3nc[nH]c(=O)c3c2)CC1. The highest BCUT2D eigenvalue weighted by Gasteiger charge is 2.23. The smallest absolute Gasteiger partial charge is 0.258 e. The van der Waals surface area contributed by atoms with Crippen molar-refractivity contribution in [3.8, 4) is 16.9 Å². The summed E-state index contributed by atoms with van der Waals surface area (Å²) < 4.78 is 0. The number of carbonyl (C=O) groups excluding carboxylic acids is 1. The van der Waals surface area contributed by atoms with Gasteiger partial charge in [0.1, 0.15) is 11.3 Å². The summed E-state index contributed by atoms with van der Waals surface area (Å²) in [5.41, 5.74) is 1.75. The summed E-state index contributed by atoms with van der Waals surface area (Å²) in [4.78, 5) is 35.8. The van der Waals surface area contributed by atoms with Crippen molar-refractivity contribution >= 4 is 16.8 Å². The Balaban J connectivity index is 1.80. The van der Waals surface area contributed by atoms with Gasteiger partial charge < -0.3 is 19.9 Å². The molecule has 1 aliphatic heterocycles. The fourth-order valence-electron chi connectivity index (χ4n) is 3.42. The number of aromatic amines is 1. The molecule has 0 atom stereocenters. The molecule has 7 heteroatoms. The molecule has 1 aromatic heterocycles. The van der Waals surface area contributed by atoms with Gasteiger partial charge >= 0.3 is 0 Å². The molecule has 3 aromatic rings. The molecule has 1 aliphatic rings. The predicted molar refractivity (Wildman–Crippen MR) is 103 cm³/mol. The summed E-state index contributed by atoms with van der Waals surface area (Å²) in [5.74, 6) is -0.131. The molecular formula is C20H20N4O3. The third kappa shape index (κ3) is 3.17. The van der Waals surface area contributed by atoms with Crippen LogP contribution in [0.2, 0.25) is 0 Å². The van der Waals surface area contributed by atoms with Crippen LogP contribution in [0.15, 0.2) is 47.5 Å². The van der Waals surface area contributed by atoms with Gasteiger partial charge in [0.25, 0.3) is 11.5 Å². The highest BCUT2D eigenvalue weighted by Crippen LogP contribution is 2.31. The molecular weight excluding hydrogens is 344 g/mol. The number of nitrogens with one attached hydrogen (secondary N) is 1.